The lowest BCUT2D eigenvalue weighted by Crippen LogP contribution is -1.95. The number of aromatic nitrogens is 1. The summed E-state index contributed by atoms with van der Waals surface area (Å²) in [5, 5.41) is 18.3. The van der Waals surface area contributed by atoms with Crippen LogP contribution in [0.1, 0.15) is 25.8 Å². The first-order valence-electron chi connectivity index (χ1n) is 8.84. The van der Waals surface area contributed by atoms with Gasteiger partial charge in [0.25, 0.3) is 0 Å². The lowest BCUT2D eigenvalue weighted by Gasteiger charge is -2.13. The topological polar surface area (TPSA) is 80.6 Å². The number of nitrogen functional groups attached to an aromatic ring is 1. The molecule has 3 rings (SSSR count). The summed E-state index contributed by atoms with van der Waals surface area (Å²) >= 11 is 0. The highest BCUT2D eigenvalue weighted by Crippen LogP contribution is 2.42. The van der Waals surface area contributed by atoms with Crippen molar-refractivity contribution in [3.63, 3.8) is 0 Å². The van der Waals surface area contributed by atoms with E-state index in [1.165, 1.54) is 5.56 Å². The predicted molar refractivity (Wildman–Crippen MR) is 108 cm³/mol. The maximum absolute atomic E-state index is 10.4. The molecule has 5 nitrogen and oxygen atoms in total. The minimum Gasteiger partial charge on any atom is -0.497 e. The van der Waals surface area contributed by atoms with Gasteiger partial charge in [-0.2, -0.15) is 0 Å². The molecule has 0 bridgehead atoms. The maximum Gasteiger partial charge on any atom is 0.216 e. The van der Waals surface area contributed by atoms with E-state index in [4.69, 9.17) is 15.6 Å². The van der Waals surface area contributed by atoms with E-state index in [2.05, 4.69) is 19.1 Å². The number of aryl methyl sites for hydroxylation is 2. The smallest absolute Gasteiger partial charge is 0.216 e. The number of benzene rings is 2. The fourth-order valence-corrected chi connectivity index (χ4v) is 3.39. The Balaban J connectivity index is 0.00000117. The molecule has 0 aliphatic rings. The van der Waals surface area contributed by atoms with Gasteiger partial charge in [-0.15, -0.1) is 0 Å². The molecular weight excluding hydrogens is 328 g/mol. The molecule has 1 heterocycles. The minimum atomic E-state index is 0.149. The molecule has 0 atom stereocenters. The quantitative estimate of drug-likeness (QED) is 0.640. The van der Waals surface area contributed by atoms with Crippen LogP contribution in [0.15, 0.2) is 36.4 Å². The average molecular weight is 356 g/mol. The van der Waals surface area contributed by atoms with Gasteiger partial charge in [-0.25, -0.2) is 0 Å². The monoisotopic (exact) mass is 356 g/mol. The molecule has 0 radical (unpaired) electrons. The van der Waals surface area contributed by atoms with E-state index >= 15 is 0 Å². The normalized spacial score (nSPS) is 10.5. The molecular formula is C21H28N2O3. The number of fused-ring (bicyclic) bond motifs is 1. The molecule has 0 saturated carbocycles. The Labute approximate surface area is 154 Å². The van der Waals surface area contributed by atoms with Gasteiger partial charge in [-0.3, -0.25) is 0 Å². The molecule has 0 fully saturated rings. The summed E-state index contributed by atoms with van der Waals surface area (Å²) in [6, 6.07) is 12.2. The maximum atomic E-state index is 10.4. The van der Waals surface area contributed by atoms with E-state index in [0.717, 1.165) is 47.7 Å². The second kappa shape index (κ2) is 8.63. The number of aromatic hydroxyl groups is 1. The predicted octanol–water partition coefficient (Wildman–Crippen LogP) is 4.19. The lowest BCUT2D eigenvalue weighted by atomic mass is 9.93. The molecule has 0 aliphatic heterocycles. The van der Waals surface area contributed by atoms with E-state index in [1.807, 2.05) is 35.8 Å². The summed E-state index contributed by atoms with van der Waals surface area (Å²) in [7, 11) is 2.66. The molecule has 0 amide bonds. The van der Waals surface area contributed by atoms with Crippen molar-refractivity contribution in [2.45, 2.75) is 33.2 Å². The Kier molecular flexibility index (Phi) is 6.52. The van der Waals surface area contributed by atoms with Crippen LogP contribution >= 0.6 is 0 Å². The van der Waals surface area contributed by atoms with Gasteiger partial charge < -0.3 is 25.3 Å². The second-order valence-corrected chi connectivity index (χ2v) is 5.95. The number of hydrogen-bond donors (Lipinski definition) is 3. The number of rotatable bonds is 5. The van der Waals surface area contributed by atoms with Crippen molar-refractivity contribution in [1.29, 1.82) is 0 Å². The summed E-state index contributed by atoms with van der Waals surface area (Å²) < 4.78 is 7.12. The van der Waals surface area contributed by atoms with E-state index in [-0.39, 0.29) is 5.88 Å². The third-order valence-electron chi connectivity index (χ3n) is 4.54. The van der Waals surface area contributed by atoms with Crippen LogP contribution < -0.4 is 10.5 Å². The van der Waals surface area contributed by atoms with Crippen LogP contribution in [0, 0.1) is 0 Å². The molecule has 1 aromatic heterocycles. The first-order chi connectivity index (χ1) is 12.6. The highest BCUT2D eigenvalue weighted by Gasteiger charge is 2.19. The second-order valence-electron chi connectivity index (χ2n) is 5.95. The van der Waals surface area contributed by atoms with Crippen molar-refractivity contribution in [2.24, 2.45) is 0 Å². The Morgan fingerprint density at radius 1 is 1.04 bits per heavy atom. The van der Waals surface area contributed by atoms with Gasteiger partial charge in [0.2, 0.25) is 5.88 Å². The number of hydrogen-bond acceptors (Lipinski definition) is 4. The zero-order valence-electron chi connectivity index (χ0n) is 15.9. The van der Waals surface area contributed by atoms with Crippen LogP contribution in [0.25, 0.3) is 22.0 Å². The number of ether oxygens (including phenoxy) is 1. The Bertz CT molecular complexity index is 867. The number of nitrogens with two attached hydrogens (primary N) is 1. The van der Waals surface area contributed by atoms with Crippen LogP contribution in [-0.2, 0) is 13.0 Å². The average Bonchev–Trinajstić information content (AvgIpc) is 2.94. The zero-order valence-corrected chi connectivity index (χ0v) is 15.9. The van der Waals surface area contributed by atoms with Crippen LogP contribution in [0.2, 0.25) is 0 Å². The summed E-state index contributed by atoms with van der Waals surface area (Å²) in [6.07, 6.45) is 2.02. The summed E-state index contributed by atoms with van der Waals surface area (Å²) in [5.74, 6) is 0.973. The summed E-state index contributed by atoms with van der Waals surface area (Å²) in [6.45, 7) is 4.85. The van der Waals surface area contributed by atoms with Crippen LogP contribution in [0.5, 0.6) is 11.6 Å². The fraction of sp³-hybridized carbons (Fsp3) is 0.333. The summed E-state index contributed by atoms with van der Waals surface area (Å²) in [5.41, 5.74) is 11.1. The van der Waals surface area contributed by atoms with Gasteiger partial charge in [0.15, 0.2) is 0 Å². The van der Waals surface area contributed by atoms with Crippen molar-refractivity contribution in [3.8, 4) is 22.8 Å². The third kappa shape index (κ3) is 3.35. The van der Waals surface area contributed by atoms with Gasteiger partial charge in [-0.05, 0) is 48.2 Å². The number of anilines is 1. The number of nitrogens with zero attached hydrogens (tertiary/aromatic N) is 1. The molecule has 3 aromatic rings. The van der Waals surface area contributed by atoms with Gasteiger partial charge in [-0.1, -0.05) is 31.5 Å². The van der Waals surface area contributed by atoms with Crippen LogP contribution in [0.3, 0.4) is 0 Å². The van der Waals surface area contributed by atoms with Crippen molar-refractivity contribution in [2.75, 3.05) is 20.0 Å². The standard InChI is InChI=1S/C20H24N2O2.CH4O/c1-4-6-13-9-12-16-18(19(21)20(23)22(16)5-2)17(13)14-7-10-15(24-3)11-8-14;1-2/h7-12,23H,4-6,21H2,1-3H3;2H,1H3. The van der Waals surface area contributed by atoms with Gasteiger partial charge >= 0.3 is 0 Å². The Morgan fingerprint density at radius 2 is 1.69 bits per heavy atom. The van der Waals surface area contributed by atoms with Crippen molar-refractivity contribution >= 4 is 16.6 Å². The third-order valence-corrected chi connectivity index (χ3v) is 4.54. The van der Waals surface area contributed by atoms with Crippen LogP contribution in [0.4, 0.5) is 5.69 Å². The number of aliphatic hydroxyl groups excluding tert-OH is 1. The highest BCUT2D eigenvalue weighted by atomic mass is 16.5. The first-order valence-corrected chi connectivity index (χ1v) is 8.84. The van der Waals surface area contributed by atoms with E-state index in [9.17, 15) is 5.11 Å². The molecule has 0 unspecified atom stereocenters. The highest BCUT2D eigenvalue weighted by molar-refractivity contribution is 6.07. The van der Waals surface area contributed by atoms with Crippen molar-refractivity contribution < 1.29 is 14.9 Å². The van der Waals surface area contributed by atoms with Gasteiger partial charge in [0.1, 0.15) is 11.4 Å². The zero-order chi connectivity index (χ0) is 19.3. The molecule has 4 N–H and O–H groups in total. The van der Waals surface area contributed by atoms with Gasteiger partial charge in [0, 0.05) is 19.0 Å². The minimum absolute atomic E-state index is 0.149. The van der Waals surface area contributed by atoms with Crippen LogP contribution in [-0.4, -0.2) is 29.0 Å². The van der Waals surface area contributed by atoms with E-state index in [0.29, 0.717) is 12.2 Å². The van der Waals surface area contributed by atoms with Gasteiger partial charge in [0.05, 0.1) is 12.6 Å². The molecule has 26 heavy (non-hydrogen) atoms. The van der Waals surface area contributed by atoms with E-state index in [1.54, 1.807) is 7.11 Å². The molecule has 0 aliphatic carbocycles. The molecule has 2 aromatic carbocycles. The van der Waals surface area contributed by atoms with Crippen molar-refractivity contribution in [3.05, 3.63) is 42.0 Å². The van der Waals surface area contributed by atoms with E-state index < -0.39 is 0 Å². The molecule has 0 spiro atoms. The summed E-state index contributed by atoms with van der Waals surface area (Å²) in [4.78, 5) is 0. The molecule has 5 heteroatoms. The number of aliphatic hydroxyl groups is 1. The van der Waals surface area contributed by atoms with Crippen molar-refractivity contribution in [1.82, 2.24) is 4.57 Å². The Morgan fingerprint density at radius 3 is 2.23 bits per heavy atom. The SMILES string of the molecule is CCCc1ccc2c(c(N)c(O)n2CC)c1-c1ccc(OC)cc1.CO. The number of methoxy groups -OCH3 is 1. The molecule has 140 valence electrons. The molecule has 0 saturated heterocycles. The lowest BCUT2D eigenvalue weighted by molar-refractivity contribution is 0.399. The Hall–Kier alpha value is -2.66. The fourth-order valence-electron chi connectivity index (χ4n) is 3.39. The largest absolute Gasteiger partial charge is 0.497 e. The first kappa shape index (κ1) is 19.7.